The molecule has 5 fully saturated rings. The number of benzene rings is 1. The number of anilines is 1. The second-order valence-electron chi connectivity index (χ2n) is 17.3. The molecule has 2 aromatic heterocycles. The molecule has 9 rings (SSSR count). The molecule has 0 atom stereocenters. The molecule has 340 valence electrons. The highest BCUT2D eigenvalue weighted by molar-refractivity contribution is 6.22. The van der Waals surface area contributed by atoms with E-state index in [0.717, 1.165) is 139 Å². The van der Waals surface area contributed by atoms with Crippen molar-refractivity contribution >= 4 is 51.2 Å². The van der Waals surface area contributed by atoms with E-state index in [2.05, 4.69) is 52.3 Å². The molecule has 4 saturated heterocycles. The van der Waals surface area contributed by atoms with Crippen molar-refractivity contribution in [1.29, 1.82) is 0 Å². The Morgan fingerprint density at radius 1 is 0.857 bits per heavy atom. The molecule has 0 spiro atoms. The van der Waals surface area contributed by atoms with Gasteiger partial charge in [-0.25, -0.2) is 9.78 Å². The van der Waals surface area contributed by atoms with E-state index in [1.165, 1.54) is 6.08 Å². The van der Waals surface area contributed by atoms with E-state index < -0.39 is 12.1 Å². The number of Topliss-reactive ketones (excluding diaryl/α,β-unsaturated/α-hetero) is 1. The summed E-state index contributed by atoms with van der Waals surface area (Å²) < 4.78 is 33.7. The minimum atomic E-state index is -5.08. The number of hydrogen-bond donors (Lipinski definition) is 2. The van der Waals surface area contributed by atoms with Crippen LogP contribution in [0.5, 0.6) is 0 Å². The number of fused-ring (bicyclic) bond motifs is 3. The van der Waals surface area contributed by atoms with Crippen LogP contribution in [0, 0.1) is 5.92 Å². The summed E-state index contributed by atoms with van der Waals surface area (Å²) in [5.74, 6) is -1.94. The lowest BCUT2D eigenvalue weighted by atomic mass is 9.85. The molecule has 16 nitrogen and oxygen atoms in total. The number of carboxylic acid groups (broad SMARTS) is 1. The fourth-order valence-corrected chi connectivity index (χ4v) is 8.36. The average Bonchev–Trinajstić information content (AvgIpc) is 4.08. The van der Waals surface area contributed by atoms with Crippen molar-refractivity contribution in [1.82, 2.24) is 43.9 Å². The zero-order valence-electron chi connectivity index (χ0n) is 36.4. The van der Waals surface area contributed by atoms with E-state index >= 15 is 0 Å². The summed E-state index contributed by atoms with van der Waals surface area (Å²) in [5, 5.41) is 13.0. The quantitative estimate of drug-likeness (QED) is 0.124. The summed E-state index contributed by atoms with van der Waals surface area (Å²) in [6.07, 6.45) is 3.57. The number of halogens is 3. The number of rotatable bonds is 11. The molecule has 63 heavy (non-hydrogen) atoms. The molecule has 6 aliphatic rings. The molecule has 1 aromatic carbocycles. The van der Waals surface area contributed by atoms with Gasteiger partial charge in [-0.1, -0.05) is 25.5 Å². The van der Waals surface area contributed by atoms with Gasteiger partial charge in [0.05, 0.1) is 5.70 Å². The SMILES string of the molecule is CCCCNc1ncc2c3ccc(CN4CCN(C)CC4)cc3c(=O)n([C@H]3CC[C@H](C(=O)N(C)C)CC3)c2n1.O=C(O)C(F)(F)F.O=C1C=C(N2CC2)C(=O)C(N2CC2)=C1N1CC1. The van der Waals surface area contributed by atoms with Crippen molar-refractivity contribution in [2.24, 2.45) is 5.92 Å². The number of pyridine rings is 1. The molecular formula is C44H57F3N10O6. The van der Waals surface area contributed by atoms with Crippen LogP contribution in [0.25, 0.3) is 21.8 Å². The summed E-state index contributed by atoms with van der Waals surface area (Å²) in [5.41, 5.74) is 3.75. The number of carboxylic acids is 1. The number of aliphatic carboxylic acids is 1. The lowest BCUT2D eigenvalue weighted by molar-refractivity contribution is -0.192. The van der Waals surface area contributed by atoms with Gasteiger partial charge in [0.1, 0.15) is 17.0 Å². The lowest BCUT2D eigenvalue weighted by Crippen LogP contribution is -2.43. The zero-order valence-corrected chi connectivity index (χ0v) is 36.4. The maximum absolute atomic E-state index is 14.2. The van der Waals surface area contributed by atoms with Gasteiger partial charge in [-0.2, -0.15) is 18.2 Å². The number of carbonyl (C=O) groups excluding carboxylic acids is 3. The number of alkyl halides is 3. The van der Waals surface area contributed by atoms with Crippen LogP contribution < -0.4 is 10.9 Å². The average molecular weight is 879 g/mol. The summed E-state index contributed by atoms with van der Waals surface area (Å²) >= 11 is 0. The van der Waals surface area contributed by atoms with E-state index in [1.54, 1.807) is 4.90 Å². The fraction of sp³-hybridized carbons (Fsp3) is 0.568. The molecule has 19 heteroatoms. The van der Waals surface area contributed by atoms with E-state index in [4.69, 9.17) is 14.9 Å². The first-order valence-corrected chi connectivity index (χ1v) is 21.9. The summed E-state index contributed by atoms with van der Waals surface area (Å²) in [4.78, 5) is 82.2. The van der Waals surface area contributed by atoms with Crippen LogP contribution in [0.3, 0.4) is 0 Å². The Bertz CT molecular complexity index is 2350. The minimum absolute atomic E-state index is 0.00546. The third kappa shape index (κ3) is 10.8. The van der Waals surface area contributed by atoms with Crippen molar-refractivity contribution in [3.8, 4) is 0 Å². The monoisotopic (exact) mass is 878 g/mol. The molecule has 1 saturated carbocycles. The fourth-order valence-electron chi connectivity index (χ4n) is 8.36. The third-order valence-corrected chi connectivity index (χ3v) is 12.2. The van der Waals surface area contributed by atoms with Crippen LogP contribution in [0.4, 0.5) is 19.1 Å². The number of amides is 1. The van der Waals surface area contributed by atoms with Crippen molar-refractivity contribution in [3.05, 3.63) is 63.5 Å². The number of nitrogens with one attached hydrogen (secondary N) is 1. The number of nitrogens with zero attached hydrogens (tertiary/aromatic N) is 9. The van der Waals surface area contributed by atoms with E-state index in [0.29, 0.717) is 28.7 Å². The number of ketones is 2. The Morgan fingerprint density at radius 2 is 1.48 bits per heavy atom. The van der Waals surface area contributed by atoms with Gasteiger partial charge >= 0.3 is 12.1 Å². The minimum Gasteiger partial charge on any atom is -0.475 e. The predicted octanol–water partition coefficient (Wildman–Crippen LogP) is 3.54. The third-order valence-electron chi connectivity index (χ3n) is 12.2. The van der Waals surface area contributed by atoms with Crippen molar-refractivity contribution in [2.75, 3.05) is 98.5 Å². The van der Waals surface area contributed by atoms with Crippen molar-refractivity contribution < 1.29 is 37.5 Å². The second kappa shape index (κ2) is 19.0. The van der Waals surface area contributed by atoms with Crippen molar-refractivity contribution in [2.45, 2.75) is 64.2 Å². The molecular weight excluding hydrogens is 822 g/mol. The van der Waals surface area contributed by atoms with Gasteiger partial charge in [0.15, 0.2) is 0 Å². The molecule has 2 N–H and O–H groups in total. The van der Waals surface area contributed by atoms with Crippen LogP contribution in [-0.4, -0.2) is 172 Å². The number of unbranched alkanes of at least 4 members (excludes halogenated alkanes) is 1. The summed E-state index contributed by atoms with van der Waals surface area (Å²) in [6.45, 7) is 13.4. The van der Waals surface area contributed by atoms with Crippen LogP contribution >= 0.6 is 0 Å². The van der Waals surface area contributed by atoms with Crippen molar-refractivity contribution in [3.63, 3.8) is 0 Å². The van der Waals surface area contributed by atoms with Gasteiger partial charge in [-0.15, -0.1) is 0 Å². The van der Waals surface area contributed by atoms with Gasteiger partial charge in [0, 0.05) is 128 Å². The number of carbonyl (C=O) groups is 4. The second-order valence-corrected chi connectivity index (χ2v) is 17.3. The lowest BCUT2D eigenvalue weighted by Gasteiger charge is -2.32. The summed E-state index contributed by atoms with van der Waals surface area (Å²) in [7, 11) is 5.80. The number of aromatic nitrogens is 3. The highest BCUT2D eigenvalue weighted by atomic mass is 19.4. The Labute approximate surface area is 364 Å². The van der Waals surface area contributed by atoms with Crippen LogP contribution in [0.15, 0.2) is 52.4 Å². The Morgan fingerprint density at radius 3 is 2.05 bits per heavy atom. The molecule has 3 aromatic rings. The molecule has 6 heterocycles. The Kier molecular flexibility index (Phi) is 13.7. The maximum Gasteiger partial charge on any atom is 0.490 e. The largest absolute Gasteiger partial charge is 0.490 e. The van der Waals surface area contributed by atoms with E-state index in [1.807, 2.05) is 39.6 Å². The van der Waals surface area contributed by atoms with Gasteiger partial charge in [-0.05, 0) is 56.2 Å². The number of allylic oxidation sites excluding steroid dienone is 1. The normalized spacial score (nSPS) is 21.4. The highest BCUT2D eigenvalue weighted by Gasteiger charge is 2.43. The number of likely N-dealkylation sites (N-methyl/N-ethyl adjacent to an activating group) is 1. The molecule has 0 unspecified atom stereocenters. The smallest absolute Gasteiger partial charge is 0.475 e. The first-order valence-electron chi connectivity index (χ1n) is 21.9. The predicted molar refractivity (Wildman–Crippen MR) is 231 cm³/mol. The summed E-state index contributed by atoms with van der Waals surface area (Å²) in [6, 6.07) is 6.32. The van der Waals surface area contributed by atoms with Crippen LogP contribution in [0.2, 0.25) is 0 Å². The Hall–Kier alpha value is -5.56. The topological polar surface area (TPSA) is 167 Å². The molecule has 4 aliphatic heterocycles. The molecule has 1 amide bonds. The van der Waals surface area contributed by atoms with Gasteiger partial charge < -0.3 is 34.9 Å². The Balaban J connectivity index is 0.000000201. The molecule has 2 aliphatic carbocycles. The number of hydrogen-bond acceptors (Lipinski definition) is 13. The van der Waals surface area contributed by atoms with Crippen LogP contribution in [-0.2, 0) is 25.7 Å². The number of piperazine rings is 1. The molecule has 0 radical (unpaired) electrons. The maximum atomic E-state index is 14.2. The van der Waals surface area contributed by atoms with E-state index in [-0.39, 0.29) is 35.0 Å². The highest BCUT2D eigenvalue weighted by Crippen LogP contribution is 2.36. The van der Waals surface area contributed by atoms with Gasteiger partial charge in [-0.3, -0.25) is 28.6 Å². The van der Waals surface area contributed by atoms with Crippen LogP contribution in [0.1, 0.15) is 57.1 Å². The standard InChI is InChI=1S/C30H43N7O2.C12H13N3O2.C2HF3O2/c1-5-6-13-31-30-32-19-26-24-12-7-21(20-36-16-14-35(4)15-17-36)18-25(24)29(39)37(27(26)33-30)23-10-8-22(9-11-23)28(38)34(2)3;16-9-7-8(13-1-2-13)12(17)11(15-5-6-15)10(9)14-3-4-14;3-2(4,5)1(6)7/h7,12,18-19,22-23H,5-6,8-11,13-17,20H2,1-4H3,(H,31,32,33);7H,1-6H2;(H,6,7)/t22-,23-;;. The van der Waals surface area contributed by atoms with E-state index in [9.17, 15) is 32.3 Å². The zero-order chi connectivity index (χ0) is 45.2. The van der Waals surface area contributed by atoms with Gasteiger partial charge in [0.2, 0.25) is 23.4 Å². The first-order chi connectivity index (χ1) is 30.0. The molecule has 0 bridgehead atoms. The van der Waals surface area contributed by atoms with Gasteiger partial charge in [0.25, 0.3) is 5.56 Å². The first kappa shape index (κ1) is 45.5.